The number of nitrogens with zero attached hydrogens (tertiary/aromatic N) is 1. The lowest BCUT2D eigenvalue weighted by Crippen LogP contribution is -2.37. The van der Waals surface area contributed by atoms with Crippen molar-refractivity contribution in [2.24, 2.45) is 0 Å². The van der Waals surface area contributed by atoms with Crippen LogP contribution in [0.2, 0.25) is 5.02 Å². The van der Waals surface area contributed by atoms with E-state index in [1.807, 2.05) is 6.92 Å². The molecule has 0 radical (unpaired) electrons. The molecule has 1 aromatic rings. The zero-order chi connectivity index (χ0) is 16.8. The highest BCUT2D eigenvalue weighted by atomic mass is 35.5. The van der Waals surface area contributed by atoms with Crippen molar-refractivity contribution in [3.8, 4) is 5.75 Å². The maximum Gasteiger partial charge on any atom is 0.244 e. The number of rotatable bonds is 8. The van der Waals surface area contributed by atoms with Gasteiger partial charge in [-0.1, -0.05) is 18.5 Å². The number of benzene rings is 1. The molecule has 0 aliphatic heterocycles. The normalized spacial score (nSPS) is 11.3. The van der Waals surface area contributed by atoms with Crippen LogP contribution in [0.4, 0.5) is 0 Å². The molecule has 8 heteroatoms. The first-order valence-corrected chi connectivity index (χ1v) is 8.76. The Balaban J connectivity index is 2.80. The Morgan fingerprint density at radius 2 is 2.05 bits per heavy atom. The van der Waals surface area contributed by atoms with Gasteiger partial charge in [0.15, 0.2) is 0 Å². The molecule has 0 unspecified atom stereocenters. The van der Waals surface area contributed by atoms with E-state index in [0.717, 1.165) is 6.42 Å². The van der Waals surface area contributed by atoms with E-state index in [1.54, 1.807) is 11.0 Å². The third kappa shape index (κ3) is 5.15. The average Bonchev–Trinajstić information content (AvgIpc) is 2.46. The molecule has 0 spiro atoms. The maximum atomic E-state index is 12.3. The number of nitrogens with one attached hydrogen (secondary N) is 1. The van der Waals surface area contributed by atoms with E-state index in [1.165, 1.54) is 26.2 Å². The van der Waals surface area contributed by atoms with E-state index in [9.17, 15) is 13.2 Å². The van der Waals surface area contributed by atoms with Gasteiger partial charge < -0.3 is 9.64 Å². The number of halogens is 1. The first-order chi connectivity index (χ1) is 10.3. The molecule has 0 aliphatic rings. The number of amides is 1. The molecule has 0 bridgehead atoms. The van der Waals surface area contributed by atoms with Crippen molar-refractivity contribution in [3.05, 3.63) is 23.2 Å². The topological polar surface area (TPSA) is 75.7 Å². The molecule has 1 aromatic carbocycles. The van der Waals surface area contributed by atoms with E-state index >= 15 is 0 Å². The fourth-order valence-corrected chi connectivity index (χ4v) is 3.40. The summed E-state index contributed by atoms with van der Waals surface area (Å²) >= 11 is 5.85. The summed E-state index contributed by atoms with van der Waals surface area (Å²) in [7, 11) is -2.37. The summed E-state index contributed by atoms with van der Waals surface area (Å²) in [6, 6.07) is 4.38. The van der Waals surface area contributed by atoms with Crippen molar-refractivity contribution in [2.45, 2.75) is 25.2 Å². The van der Waals surface area contributed by atoms with Gasteiger partial charge in [0.25, 0.3) is 0 Å². The summed E-state index contributed by atoms with van der Waals surface area (Å²) in [5.41, 5.74) is 0. The molecule has 0 fully saturated rings. The average molecular weight is 349 g/mol. The molecule has 6 nitrogen and oxygen atoms in total. The molecule has 1 N–H and O–H groups in total. The fourth-order valence-electron chi connectivity index (χ4n) is 1.95. The summed E-state index contributed by atoms with van der Waals surface area (Å²) in [6.07, 6.45) is 0.814. The van der Waals surface area contributed by atoms with Crippen LogP contribution in [-0.4, -0.2) is 46.0 Å². The summed E-state index contributed by atoms with van der Waals surface area (Å²) in [6.45, 7) is 4.45. The summed E-state index contributed by atoms with van der Waals surface area (Å²) in [5.74, 6) is 0.135. The Hall–Kier alpha value is -1.31. The van der Waals surface area contributed by atoms with E-state index in [2.05, 4.69) is 4.72 Å². The number of carbonyl (C=O) groups excluding carboxylic acids is 1. The molecule has 0 saturated heterocycles. The van der Waals surface area contributed by atoms with Crippen molar-refractivity contribution in [2.75, 3.05) is 26.7 Å². The van der Waals surface area contributed by atoms with Crippen LogP contribution in [0.3, 0.4) is 0 Å². The maximum absolute atomic E-state index is 12.3. The molecule has 22 heavy (non-hydrogen) atoms. The largest absolute Gasteiger partial charge is 0.495 e. The Labute approximate surface area is 136 Å². The predicted molar refractivity (Wildman–Crippen MR) is 85.7 cm³/mol. The van der Waals surface area contributed by atoms with Crippen LogP contribution in [0.15, 0.2) is 23.1 Å². The lowest BCUT2D eigenvalue weighted by atomic mass is 10.3. The molecular formula is C14H21ClN2O4S. The van der Waals surface area contributed by atoms with Crippen LogP contribution in [0.1, 0.15) is 20.3 Å². The van der Waals surface area contributed by atoms with Crippen molar-refractivity contribution in [1.29, 1.82) is 0 Å². The lowest BCUT2D eigenvalue weighted by Gasteiger charge is -2.20. The molecule has 124 valence electrons. The zero-order valence-electron chi connectivity index (χ0n) is 12.9. The zero-order valence-corrected chi connectivity index (χ0v) is 14.5. The third-order valence-electron chi connectivity index (χ3n) is 3.03. The van der Waals surface area contributed by atoms with E-state index in [0.29, 0.717) is 18.1 Å². The van der Waals surface area contributed by atoms with Crippen LogP contribution >= 0.6 is 11.6 Å². The van der Waals surface area contributed by atoms with Crippen molar-refractivity contribution >= 4 is 27.5 Å². The van der Waals surface area contributed by atoms with Gasteiger partial charge >= 0.3 is 0 Å². The number of hydrogen-bond donors (Lipinski definition) is 1. The second-order valence-electron chi connectivity index (χ2n) is 4.70. The van der Waals surface area contributed by atoms with Crippen LogP contribution in [0.5, 0.6) is 5.75 Å². The number of ether oxygens (including phenoxy) is 1. The molecule has 0 aliphatic carbocycles. The number of methoxy groups -OCH3 is 1. The highest BCUT2D eigenvalue weighted by Gasteiger charge is 2.20. The Kier molecular flexibility index (Phi) is 7.12. The number of sulfonamides is 1. The Bertz CT molecular complexity index is 619. The molecule has 1 rings (SSSR count). The molecule has 0 heterocycles. The molecule has 0 saturated carbocycles. The van der Waals surface area contributed by atoms with Gasteiger partial charge in [-0.25, -0.2) is 13.1 Å². The molecule has 0 aromatic heterocycles. The molecule has 0 atom stereocenters. The fraction of sp³-hybridized carbons (Fsp3) is 0.500. The highest BCUT2D eigenvalue weighted by molar-refractivity contribution is 7.89. The van der Waals surface area contributed by atoms with Crippen molar-refractivity contribution in [1.82, 2.24) is 9.62 Å². The van der Waals surface area contributed by atoms with E-state index in [-0.39, 0.29) is 23.1 Å². The number of carbonyl (C=O) groups is 1. The van der Waals surface area contributed by atoms with Crippen molar-refractivity contribution in [3.63, 3.8) is 0 Å². The van der Waals surface area contributed by atoms with Gasteiger partial charge in [0.1, 0.15) is 10.6 Å². The quantitative estimate of drug-likeness (QED) is 0.778. The Morgan fingerprint density at radius 3 is 2.59 bits per heavy atom. The van der Waals surface area contributed by atoms with Crippen LogP contribution in [0, 0.1) is 0 Å². The van der Waals surface area contributed by atoms with Crippen LogP contribution in [-0.2, 0) is 14.8 Å². The summed E-state index contributed by atoms with van der Waals surface area (Å²) < 4.78 is 32.1. The number of hydrogen-bond acceptors (Lipinski definition) is 4. The second-order valence-corrected chi connectivity index (χ2v) is 6.87. The first kappa shape index (κ1) is 18.7. The van der Waals surface area contributed by atoms with Gasteiger partial charge in [-0.15, -0.1) is 0 Å². The van der Waals surface area contributed by atoms with E-state index in [4.69, 9.17) is 16.3 Å². The summed E-state index contributed by atoms with van der Waals surface area (Å²) in [4.78, 5) is 13.0. The monoisotopic (exact) mass is 348 g/mol. The van der Waals surface area contributed by atoms with Gasteiger partial charge in [-0.05, 0) is 24.6 Å². The third-order valence-corrected chi connectivity index (χ3v) is 4.75. The minimum Gasteiger partial charge on any atom is -0.495 e. The van der Waals surface area contributed by atoms with Crippen molar-refractivity contribution < 1.29 is 17.9 Å². The Morgan fingerprint density at radius 1 is 1.36 bits per heavy atom. The van der Waals surface area contributed by atoms with Gasteiger partial charge in [-0.3, -0.25) is 4.79 Å². The van der Waals surface area contributed by atoms with E-state index < -0.39 is 10.0 Å². The highest BCUT2D eigenvalue weighted by Crippen LogP contribution is 2.26. The minimum absolute atomic E-state index is 0.0210. The van der Waals surface area contributed by atoms with Gasteiger partial charge in [0, 0.05) is 31.6 Å². The van der Waals surface area contributed by atoms with Crippen LogP contribution < -0.4 is 9.46 Å². The second kappa shape index (κ2) is 8.36. The van der Waals surface area contributed by atoms with Gasteiger partial charge in [-0.2, -0.15) is 0 Å². The first-order valence-electron chi connectivity index (χ1n) is 6.90. The SMILES string of the molecule is CCCN(CCNS(=O)(=O)c1cc(Cl)ccc1OC)C(C)=O. The van der Waals surface area contributed by atoms with Gasteiger partial charge in [0.2, 0.25) is 15.9 Å². The minimum atomic E-state index is -3.76. The summed E-state index contributed by atoms with van der Waals surface area (Å²) in [5, 5.41) is 0.303. The molecular weight excluding hydrogens is 328 g/mol. The molecule has 1 amide bonds. The lowest BCUT2D eigenvalue weighted by molar-refractivity contribution is -0.128. The standard InChI is InChI=1S/C14H21ClN2O4S/c1-4-8-17(11(2)18)9-7-16-22(19,20)14-10-12(15)5-6-13(14)21-3/h5-6,10,16H,4,7-9H2,1-3H3. The van der Waals surface area contributed by atoms with Gasteiger partial charge in [0.05, 0.1) is 7.11 Å². The smallest absolute Gasteiger partial charge is 0.244 e. The van der Waals surface area contributed by atoms with Crippen LogP contribution in [0.25, 0.3) is 0 Å². The predicted octanol–water partition coefficient (Wildman–Crippen LogP) is 1.89.